The SMILES string of the molecule is CC1(C)CC(SC(=N)N)=NO1.Cl. The summed E-state index contributed by atoms with van der Waals surface area (Å²) >= 11 is 1.15. The van der Waals surface area contributed by atoms with Crippen molar-refractivity contribution >= 4 is 34.4 Å². The highest BCUT2D eigenvalue weighted by Gasteiger charge is 2.29. The molecule has 0 aromatic carbocycles. The van der Waals surface area contributed by atoms with Crippen LogP contribution in [-0.2, 0) is 4.84 Å². The van der Waals surface area contributed by atoms with E-state index in [-0.39, 0.29) is 23.2 Å². The van der Waals surface area contributed by atoms with Crippen LogP contribution in [0.1, 0.15) is 20.3 Å². The summed E-state index contributed by atoms with van der Waals surface area (Å²) in [5, 5.41) is 11.6. The monoisotopic (exact) mass is 209 g/mol. The zero-order valence-electron chi connectivity index (χ0n) is 6.96. The minimum absolute atomic E-state index is 0. The lowest BCUT2D eigenvalue weighted by atomic mass is 10.1. The van der Waals surface area contributed by atoms with Crippen molar-refractivity contribution in [2.45, 2.75) is 25.9 Å². The predicted octanol–water partition coefficient (Wildman–Crippen LogP) is 1.55. The fraction of sp³-hybridized carbons (Fsp3) is 0.667. The third kappa shape index (κ3) is 3.32. The van der Waals surface area contributed by atoms with Crippen molar-refractivity contribution < 1.29 is 4.84 Å². The molecule has 0 amide bonds. The van der Waals surface area contributed by atoms with Gasteiger partial charge in [-0.2, -0.15) is 0 Å². The average Bonchev–Trinajstić information content (AvgIpc) is 2.08. The van der Waals surface area contributed by atoms with Gasteiger partial charge in [-0.3, -0.25) is 5.41 Å². The van der Waals surface area contributed by atoms with Gasteiger partial charge < -0.3 is 10.6 Å². The minimum Gasteiger partial charge on any atom is -0.389 e. The van der Waals surface area contributed by atoms with E-state index in [0.717, 1.165) is 23.2 Å². The van der Waals surface area contributed by atoms with Gasteiger partial charge in [-0.25, -0.2) is 0 Å². The lowest BCUT2D eigenvalue weighted by molar-refractivity contribution is 0.0123. The Hall–Kier alpha value is -0.420. The van der Waals surface area contributed by atoms with Gasteiger partial charge in [-0.05, 0) is 25.6 Å². The molecular formula is C6H12ClN3OS. The Balaban J connectivity index is 0.00000121. The third-order valence-corrected chi connectivity index (χ3v) is 1.87. The highest BCUT2D eigenvalue weighted by molar-refractivity contribution is 8.26. The van der Waals surface area contributed by atoms with Crippen LogP contribution in [0.3, 0.4) is 0 Å². The maximum atomic E-state index is 6.99. The molecule has 0 saturated heterocycles. The number of nitrogens with one attached hydrogen (secondary N) is 1. The van der Waals surface area contributed by atoms with E-state index in [0.29, 0.717) is 0 Å². The predicted molar refractivity (Wildman–Crippen MR) is 54.0 cm³/mol. The molecule has 0 atom stereocenters. The topological polar surface area (TPSA) is 71.5 Å². The van der Waals surface area contributed by atoms with Crippen LogP contribution < -0.4 is 5.73 Å². The van der Waals surface area contributed by atoms with Gasteiger partial charge in [-0.1, -0.05) is 5.16 Å². The maximum absolute atomic E-state index is 6.99. The summed E-state index contributed by atoms with van der Waals surface area (Å²) < 4.78 is 0. The molecule has 0 unspecified atom stereocenters. The molecule has 4 nitrogen and oxygen atoms in total. The van der Waals surface area contributed by atoms with Crippen molar-refractivity contribution in [3.8, 4) is 0 Å². The van der Waals surface area contributed by atoms with Crippen molar-refractivity contribution in [3.05, 3.63) is 0 Å². The van der Waals surface area contributed by atoms with Crippen molar-refractivity contribution in [1.29, 1.82) is 5.41 Å². The van der Waals surface area contributed by atoms with Crippen LogP contribution in [-0.4, -0.2) is 15.8 Å². The van der Waals surface area contributed by atoms with Crippen LogP contribution in [0.5, 0.6) is 0 Å². The first kappa shape index (κ1) is 11.6. The van der Waals surface area contributed by atoms with E-state index >= 15 is 0 Å². The number of amidine groups is 1. The fourth-order valence-corrected chi connectivity index (χ4v) is 1.53. The van der Waals surface area contributed by atoms with Gasteiger partial charge >= 0.3 is 0 Å². The standard InChI is InChI=1S/C6H11N3OS.ClH/c1-6(2)3-4(9-10-6)11-5(7)8;/h3H2,1-2H3,(H3,7,8);1H. The molecule has 0 radical (unpaired) electrons. The number of nitrogens with two attached hydrogens (primary N) is 1. The van der Waals surface area contributed by atoms with Crippen LogP contribution in [0.2, 0.25) is 0 Å². The average molecular weight is 210 g/mol. The summed E-state index contributed by atoms with van der Waals surface area (Å²) in [6.45, 7) is 3.90. The number of thioether (sulfide) groups is 1. The second-order valence-electron chi connectivity index (χ2n) is 2.98. The highest BCUT2D eigenvalue weighted by Crippen LogP contribution is 2.26. The summed E-state index contributed by atoms with van der Waals surface area (Å²) in [7, 11) is 0. The molecule has 70 valence electrons. The van der Waals surface area contributed by atoms with E-state index in [4.69, 9.17) is 16.0 Å². The van der Waals surface area contributed by atoms with E-state index in [1.54, 1.807) is 0 Å². The van der Waals surface area contributed by atoms with Crippen LogP contribution in [0.15, 0.2) is 5.16 Å². The summed E-state index contributed by atoms with van der Waals surface area (Å²) in [5.41, 5.74) is 4.95. The number of nitrogens with zero attached hydrogens (tertiary/aromatic N) is 1. The molecule has 3 N–H and O–H groups in total. The van der Waals surface area contributed by atoms with E-state index in [1.807, 2.05) is 13.8 Å². The van der Waals surface area contributed by atoms with Crippen LogP contribution in [0, 0.1) is 5.41 Å². The number of hydrogen-bond acceptors (Lipinski definition) is 4. The summed E-state index contributed by atoms with van der Waals surface area (Å²) in [6.07, 6.45) is 0.733. The summed E-state index contributed by atoms with van der Waals surface area (Å²) in [4.78, 5) is 5.07. The minimum atomic E-state index is -0.224. The van der Waals surface area contributed by atoms with E-state index in [9.17, 15) is 0 Å². The highest BCUT2D eigenvalue weighted by atomic mass is 35.5. The van der Waals surface area contributed by atoms with Gasteiger partial charge in [0, 0.05) is 6.42 Å². The largest absolute Gasteiger partial charge is 0.389 e. The first-order valence-corrected chi connectivity index (χ1v) is 4.08. The molecule has 6 heteroatoms. The molecule has 1 rings (SSSR count). The van der Waals surface area contributed by atoms with E-state index in [1.165, 1.54) is 0 Å². The summed E-state index contributed by atoms with van der Waals surface area (Å²) in [5.74, 6) is 0. The zero-order valence-corrected chi connectivity index (χ0v) is 8.59. The zero-order chi connectivity index (χ0) is 8.48. The van der Waals surface area contributed by atoms with Gasteiger partial charge in [0.25, 0.3) is 0 Å². The second-order valence-corrected chi connectivity index (χ2v) is 4.09. The Kier molecular flexibility index (Phi) is 3.86. The Morgan fingerprint density at radius 2 is 2.33 bits per heavy atom. The molecule has 0 aliphatic carbocycles. The van der Waals surface area contributed by atoms with Crippen LogP contribution in [0.4, 0.5) is 0 Å². The number of hydrogen-bond donors (Lipinski definition) is 2. The molecule has 0 fully saturated rings. The first-order chi connectivity index (χ1) is 4.99. The lowest BCUT2D eigenvalue weighted by Gasteiger charge is -2.12. The quantitative estimate of drug-likeness (QED) is 0.470. The molecule has 0 saturated carbocycles. The smallest absolute Gasteiger partial charge is 0.157 e. The van der Waals surface area contributed by atoms with Crippen molar-refractivity contribution in [2.24, 2.45) is 10.9 Å². The first-order valence-electron chi connectivity index (χ1n) is 3.26. The molecule has 1 aliphatic rings. The molecule has 1 aliphatic heterocycles. The Labute approximate surface area is 81.8 Å². The molecule has 0 spiro atoms. The Morgan fingerprint density at radius 3 is 2.67 bits per heavy atom. The van der Waals surface area contributed by atoms with Crippen molar-refractivity contribution in [3.63, 3.8) is 0 Å². The van der Waals surface area contributed by atoms with Gasteiger partial charge in [0.1, 0.15) is 10.6 Å². The van der Waals surface area contributed by atoms with E-state index in [2.05, 4.69) is 5.16 Å². The van der Waals surface area contributed by atoms with Gasteiger partial charge in [0.15, 0.2) is 5.17 Å². The molecule has 12 heavy (non-hydrogen) atoms. The van der Waals surface area contributed by atoms with Gasteiger partial charge in [0.2, 0.25) is 0 Å². The number of oxime groups is 1. The maximum Gasteiger partial charge on any atom is 0.157 e. The fourth-order valence-electron chi connectivity index (χ4n) is 0.785. The molecule has 1 heterocycles. The van der Waals surface area contributed by atoms with Crippen LogP contribution >= 0.6 is 24.2 Å². The molecule has 0 bridgehead atoms. The number of halogens is 1. The van der Waals surface area contributed by atoms with Crippen molar-refractivity contribution in [1.82, 2.24) is 0 Å². The summed E-state index contributed by atoms with van der Waals surface area (Å²) in [6, 6.07) is 0. The van der Waals surface area contributed by atoms with Crippen molar-refractivity contribution in [2.75, 3.05) is 0 Å². The van der Waals surface area contributed by atoms with E-state index < -0.39 is 0 Å². The van der Waals surface area contributed by atoms with Gasteiger partial charge in [-0.15, -0.1) is 12.4 Å². The third-order valence-electron chi connectivity index (χ3n) is 1.20. The molecule has 0 aromatic heterocycles. The Bertz CT molecular complexity index is 217. The normalized spacial score (nSPS) is 19.0. The second kappa shape index (κ2) is 4.00. The molecule has 0 aromatic rings. The Morgan fingerprint density at radius 1 is 1.75 bits per heavy atom. The number of rotatable bonds is 0. The van der Waals surface area contributed by atoms with Gasteiger partial charge in [0.05, 0.1) is 0 Å². The molecular weight excluding hydrogens is 198 g/mol. The lowest BCUT2D eigenvalue weighted by Crippen LogP contribution is -2.19. The van der Waals surface area contributed by atoms with Crippen LogP contribution in [0.25, 0.3) is 0 Å².